The summed E-state index contributed by atoms with van der Waals surface area (Å²) in [5.41, 5.74) is 0. The molecule has 0 spiro atoms. The van der Waals surface area contributed by atoms with Crippen molar-refractivity contribution in [3.63, 3.8) is 0 Å². The number of rotatable bonds is 7. The highest BCUT2D eigenvalue weighted by Crippen LogP contribution is 2.47. The first-order valence-corrected chi connectivity index (χ1v) is 7.59. The van der Waals surface area contributed by atoms with E-state index in [0.29, 0.717) is 5.30 Å². The Labute approximate surface area is 109 Å². The molecule has 1 aromatic carbocycles. The third-order valence-corrected chi connectivity index (χ3v) is 3.86. The first kappa shape index (κ1) is 14.6. The molecule has 4 heteroatoms. The third kappa shape index (κ3) is 4.42. The van der Waals surface area contributed by atoms with Crippen LogP contribution in [0.3, 0.4) is 0 Å². The van der Waals surface area contributed by atoms with Gasteiger partial charge in [-0.05, 0) is 37.1 Å². The second kappa shape index (κ2) is 7.78. The Bertz CT molecular complexity index is 418. The number of benzene rings is 1. The molecule has 0 aliphatic rings. The molecular weight excluding hydrogens is 247 g/mol. The summed E-state index contributed by atoms with van der Waals surface area (Å²) in [7, 11) is -3.30. The zero-order chi connectivity index (χ0) is 13.3. The molecule has 0 unspecified atom stereocenters. The Morgan fingerprint density at radius 1 is 1.00 bits per heavy atom. The predicted molar refractivity (Wildman–Crippen MR) is 74.7 cm³/mol. The quantitative estimate of drug-likeness (QED) is 0.542. The van der Waals surface area contributed by atoms with Crippen molar-refractivity contribution in [1.29, 1.82) is 0 Å². The molecule has 0 amide bonds. The maximum absolute atomic E-state index is 12.6. The van der Waals surface area contributed by atoms with Crippen molar-refractivity contribution in [1.82, 2.24) is 0 Å². The normalized spacial score (nSPS) is 12.1. The minimum atomic E-state index is -3.30. The molecule has 3 nitrogen and oxygen atoms in total. The van der Waals surface area contributed by atoms with Gasteiger partial charge in [-0.3, -0.25) is 0 Å². The molecule has 0 N–H and O–H groups in total. The minimum Gasteiger partial charge on any atom is -0.421 e. The molecule has 0 saturated heterocycles. The first-order chi connectivity index (χ1) is 8.73. The molecule has 0 atom stereocenters. The summed E-state index contributed by atoms with van der Waals surface area (Å²) < 4.78 is 23.2. The van der Waals surface area contributed by atoms with Gasteiger partial charge in [-0.25, -0.2) is 4.57 Å². The van der Waals surface area contributed by atoms with Crippen molar-refractivity contribution in [3.8, 4) is 0 Å². The largest absolute Gasteiger partial charge is 0.461 e. The summed E-state index contributed by atoms with van der Waals surface area (Å²) >= 11 is 0. The molecule has 0 aromatic heterocycles. The predicted octanol–water partition coefficient (Wildman–Crippen LogP) is 4.39. The molecule has 1 aromatic rings. The third-order valence-electron chi connectivity index (χ3n) is 2.14. The van der Waals surface area contributed by atoms with Gasteiger partial charge in [-0.1, -0.05) is 32.0 Å². The van der Waals surface area contributed by atoms with Crippen LogP contribution in [-0.4, -0.2) is 0 Å². The van der Waals surface area contributed by atoms with Crippen LogP contribution in [0.1, 0.15) is 26.7 Å². The molecule has 1 rings (SSSR count). The lowest BCUT2D eigenvalue weighted by atomic mass is 10.4. The minimum absolute atomic E-state index is 0.548. The standard InChI is InChI=1S/C14H19O3P/c1-3-5-12-16-18(15,17-13-6-4-2)14-10-8-7-9-11-14/h5-13H,3-4H2,1-2H3/b12-5+,13-6+. The zero-order valence-electron chi connectivity index (χ0n) is 10.8. The summed E-state index contributed by atoms with van der Waals surface area (Å²) in [6, 6.07) is 8.95. The molecule has 0 radical (unpaired) electrons. The molecule has 98 valence electrons. The van der Waals surface area contributed by atoms with Crippen LogP contribution in [0, 0.1) is 0 Å². The fourth-order valence-corrected chi connectivity index (χ4v) is 2.52. The summed E-state index contributed by atoms with van der Waals surface area (Å²) in [5, 5.41) is 0.548. The van der Waals surface area contributed by atoms with Gasteiger partial charge in [0, 0.05) is 0 Å². The maximum atomic E-state index is 12.6. The van der Waals surface area contributed by atoms with Crippen LogP contribution in [0.5, 0.6) is 0 Å². The van der Waals surface area contributed by atoms with Crippen molar-refractivity contribution in [2.75, 3.05) is 0 Å². The van der Waals surface area contributed by atoms with E-state index in [1.807, 2.05) is 32.0 Å². The Kier molecular flexibility index (Phi) is 6.31. The second-order valence-corrected chi connectivity index (χ2v) is 5.54. The van der Waals surface area contributed by atoms with Crippen molar-refractivity contribution in [2.45, 2.75) is 26.7 Å². The Hall–Kier alpha value is -1.47. The lowest BCUT2D eigenvalue weighted by Crippen LogP contribution is -2.06. The van der Waals surface area contributed by atoms with E-state index in [4.69, 9.17) is 9.05 Å². The van der Waals surface area contributed by atoms with Gasteiger partial charge in [-0.15, -0.1) is 0 Å². The van der Waals surface area contributed by atoms with E-state index in [1.165, 1.54) is 12.5 Å². The molecular formula is C14H19O3P. The number of allylic oxidation sites excluding steroid dienone is 2. The summed E-state index contributed by atoms with van der Waals surface area (Å²) in [6.07, 6.45) is 8.10. The lowest BCUT2D eigenvalue weighted by molar-refractivity contribution is 0.338. The van der Waals surface area contributed by atoms with Gasteiger partial charge in [0.25, 0.3) is 0 Å². The summed E-state index contributed by atoms with van der Waals surface area (Å²) in [5.74, 6) is 0. The molecule has 0 heterocycles. The smallest absolute Gasteiger partial charge is 0.421 e. The van der Waals surface area contributed by atoms with Gasteiger partial charge in [0.15, 0.2) is 0 Å². The summed E-state index contributed by atoms with van der Waals surface area (Å²) in [4.78, 5) is 0. The highest BCUT2D eigenvalue weighted by Gasteiger charge is 2.27. The van der Waals surface area contributed by atoms with Crippen LogP contribution in [0.2, 0.25) is 0 Å². The van der Waals surface area contributed by atoms with Crippen molar-refractivity contribution in [2.24, 2.45) is 0 Å². The molecule has 0 bridgehead atoms. The van der Waals surface area contributed by atoms with Crippen LogP contribution in [0.15, 0.2) is 55.0 Å². The van der Waals surface area contributed by atoms with Gasteiger partial charge < -0.3 is 9.05 Å². The van der Waals surface area contributed by atoms with Crippen LogP contribution < -0.4 is 5.30 Å². The van der Waals surface area contributed by atoms with E-state index in [0.717, 1.165) is 12.8 Å². The van der Waals surface area contributed by atoms with Gasteiger partial charge in [-0.2, -0.15) is 0 Å². The van der Waals surface area contributed by atoms with E-state index in [9.17, 15) is 4.57 Å². The zero-order valence-corrected chi connectivity index (χ0v) is 11.7. The Morgan fingerprint density at radius 2 is 1.50 bits per heavy atom. The molecule has 0 fully saturated rings. The molecule has 18 heavy (non-hydrogen) atoms. The SMILES string of the molecule is CC/C=C/OP(=O)(O/C=C/CC)c1ccccc1. The maximum Gasteiger partial charge on any atom is 0.461 e. The van der Waals surface area contributed by atoms with Crippen LogP contribution in [-0.2, 0) is 13.6 Å². The van der Waals surface area contributed by atoms with Gasteiger partial charge in [0.1, 0.15) is 0 Å². The summed E-state index contributed by atoms with van der Waals surface area (Å²) in [6.45, 7) is 3.95. The van der Waals surface area contributed by atoms with E-state index in [-0.39, 0.29) is 0 Å². The van der Waals surface area contributed by atoms with Gasteiger partial charge >= 0.3 is 7.60 Å². The Balaban J connectivity index is 2.90. The van der Waals surface area contributed by atoms with Crippen molar-refractivity contribution in [3.05, 3.63) is 55.0 Å². The van der Waals surface area contributed by atoms with Gasteiger partial charge in [0.2, 0.25) is 0 Å². The monoisotopic (exact) mass is 266 g/mol. The van der Waals surface area contributed by atoms with Crippen molar-refractivity contribution < 1.29 is 13.6 Å². The van der Waals surface area contributed by atoms with E-state index < -0.39 is 7.60 Å². The van der Waals surface area contributed by atoms with E-state index in [2.05, 4.69) is 0 Å². The lowest BCUT2D eigenvalue weighted by Gasteiger charge is -2.15. The first-order valence-electron chi connectivity index (χ1n) is 6.05. The fourth-order valence-electron chi connectivity index (χ4n) is 1.20. The van der Waals surface area contributed by atoms with Crippen LogP contribution in [0.25, 0.3) is 0 Å². The average Bonchev–Trinajstić information content (AvgIpc) is 2.40. The highest BCUT2D eigenvalue weighted by atomic mass is 31.2. The highest BCUT2D eigenvalue weighted by molar-refractivity contribution is 7.62. The van der Waals surface area contributed by atoms with Crippen LogP contribution >= 0.6 is 7.60 Å². The fraction of sp³-hybridized carbons (Fsp3) is 0.286. The van der Waals surface area contributed by atoms with Crippen molar-refractivity contribution >= 4 is 12.9 Å². The van der Waals surface area contributed by atoms with Gasteiger partial charge in [0.05, 0.1) is 17.8 Å². The molecule has 0 saturated carbocycles. The molecule has 0 aliphatic heterocycles. The average molecular weight is 266 g/mol. The number of hydrogen-bond acceptors (Lipinski definition) is 3. The van der Waals surface area contributed by atoms with E-state index >= 15 is 0 Å². The molecule has 0 aliphatic carbocycles. The van der Waals surface area contributed by atoms with E-state index in [1.54, 1.807) is 24.3 Å². The topological polar surface area (TPSA) is 35.5 Å². The van der Waals surface area contributed by atoms with Crippen LogP contribution in [0.4, 0.5) is 0 Å². The number of hydrogen-bond donors (Lipinski definition) is 0. The Morgan fingerprint density at radius 3 is 1.94 bits per heavy atom. The second-order valence-electron chi connectivity index (χ2n) is 3.60.